The minimum atomic E-state index is -0.780. The van der Waals surface area contributed by atoms with E-state index in [0.29, 0.717) is 16.9 Å². The number of anilines is 2. The number of carbonyl (C=O) groups is 2. The van der Waals surface area contributed by atoms with Gasteiger partial charge in [0.15, 0.2) is 0 Å². The van der Waals surface area contributed by atoms with Gasteiger partial charge >= 0.3 is 5.69 Å². The number of nitrogens with zero attached hydrogens (tertiary/aromatic N) is 1. The van der Waals surface area contributed by atoms with Crippen molar-refractivity contribution >= 4 is 23.2 Å². The second-order valence-corrected chi connectivity index (χ2v) is 6.05. The van der Waals surface area contributed by atoms with Crippen LogP contribution < -0.4 is 27.4 Å². The normalized spacial score (nSPS) is 10.4. The number of benzene rings is 2. The summed E-state index contributed by atoms with van der Waals surface area (Å²) >= 11 is 0. The maximum Gasteiger partial charge on any atom is 0.326 e. The molecule has 0 aliphatic carbocycles. The summed E-state index contributed by atoms with van der Waals surface area (Å²) in [7, 11) is 0. The number of hydrogen-bond acceptors (Lipinski definition) is 5. The Bertz CT molecular complexity index is 1120. The Hall–Kier alpha value is -3.98. The molecule has 2 amide bonds. The highest BCUT2D eigenvalue weighted by molar-refractivity contribution is 6.06. The van der Waals surface area contributed by atoms with Crippen molar-refractivity contribution < 1.29 is 9.59 Å². The van der Waals surface area contributed by atoms with Gasteiger partial charge < -0.3 is 10.3 Å². The van der Waals surface area contributed by atoms with Gasteiger partial charge in [0, 0.05) is 17.3 Å². The predicted octanol–water partition coefficient (Wildman–Crippen LogP) is 1.14. The highest BCUT2D eigenvalue weighted by Crippen LogP contribution is 2.17. The quantitative estimate of drug-likeness (QED) is 0.306. The van der Waals surface area contributed by atoms with Crippen LogP contribution >= 0.6 is 0 Å². The molecule has 5 N–H and O–H groups in total. The molecule has 0 spiro atoms. The number of hydrogen-bond donors (Lipinski definition) is 4. The van der Waals surface area contributed by atoms with Crippen molar-refractivity contribution in [3.63, 3.8) is 0 Å². The van der Waals surface area contributed by atoms with Crippen molar-refractivity contribution in [2.75, 3.05) is 10.3 Å². The molecule has 0 aliphatic rings. The smallest absolute Gasteiger partial charge is 0.321 e. The molecule has 2 aromatic carbocycles. The van der Waals surface area contributed by atoms with E-state index in [2.05, 4.69) is 10.3 Å². The summed E-state index contributed by atoms with van der Waals surface area (Å²) in [4.78, 5) is 51.4. The van der Waals surface area contributed by atoms with Gasteiger partial charge in [-0.1, -0.05) is 12.1 Å². The third kappa shape index (κ3) is 4.22. The Morgan fingerprint density at radius 2 is 1.71 bits per heavy atom. The van der Waals surface area contributed by atoms with E-state index in [4.69, 9.17) is 5.84 Å². The first-order valence-electron chi connectivity index (χ1n) is 8.24. The van der Waals surface area contributed by atoms with E-state index in [1.807, 2.05) is 18.0 Å². The fourth-order valence-electron chi connectivity index (χ4n) is 2.52. The lowest BCUT2D eigenvalue weighted by Gasteiger charge is -2.17. The van der Waals surface area contributed by atoms with Gasteiger partial charge in [-0.3, -0.25) is 19.4 Å². The molecular weight excluding hydrogens is 362 g/mol. The van der Waals surface area contributed by atoms with Gasteiger partial charge in [-0.2, -0.15) is 0 Å². The Morgan fingerprint density at radius 1 is 1.00 bits per heavy atom. The second kappa shape index (κ2) is 7.72. The fourth-order valence-corrected chi connectivity index (χ4v) is 2.52. The number of aryl methyl sites for hydroxylation is 1. The minimum Gasteiger partial charge on any atom is -0.321 e. The van der Waals surface area contributed by atoms with Crippen LogP contribution in [0.15, 0.2) is 64.2 Å². The van der Waals surface area contributed by atoms with Crippen LogP contribution in [0.4, 0.5) is 11.4 Å². The lowest BCUT2D eigenvalue weighted by atomic mass is 10.1. The van der Waals surface area contributed by atoms with Gasteiger partial charge in [0.05, 0.1) is 5.69 Å². The van der Waals surface area contributed by atoms with Crippen LogP contribution in [-0.4, -0.2) is 21.8 Å². The number of amides is 2. The molecule has 0 fully saturated rings. The number of carbonyl (C=O) groups excluding carboxylic acids is 2. The molecule has 1 aromatic heterocycles. The summed E-state index contributed by atoms with van der Waals surface area (Å²) in [5.74, 6) is 4.83. The Morgan fingerprint density at radius 3 is 2.36 bits per heavy atom. The van der Waals surface area contributed by atoms with E-state index in [-0.39, 0.29) is 5.69 Å². The molecular formula is C19H17N5O4. The number of rotatable bonds is 4. The number of nitrogens with one attached hydrogen (secondary N) is 3. The summed E-state index contributed by atoms with van der Waals surface area (Å²) in [6.07, 6.45) is 0. The molecule has 3 rings (SSSR count). The second-order valence-electron chi connectivity index (χ2n) is 6.05. The Kier molecular flexibility index (Phi) is 5.18. The summed E-state index contributed by atoms with van der Waals surface area (Å²) < 4.78 is 0. The molecule has 142 valence electrons. The highest BCUT2D eigenvalue weighted by atomic mass is 16.2. The third-order valence-electron chi connectivity index (χ3n) is 3.89. The molecule has 0 radical (unpaired) electrons. The standard InChI is InChI=1S/C19H17N5O4/c1-11-3-2-4-14(9-11)24(20)18(27)12-5-7-13(8-6-12)21-17(26)15-10-16(25)23-19(28)22-15/h2-10H,20H2,1H3,(H,21,26)(H2,22,23,25,28). The first-order valence-corrected chi connectivity index (χ1v) is 8.24. The van der Waals surface area contributed by atoms with E-state index >= 15 is 0 Å². The van der Waals surface area contributed by atoms with Crippen molar-refractivity contribution in [3.8, 4) is 0 Å². The van der Waals surface area contributed by atoms with E-state index in [9.17, 15) is 19.2 Å². The SMILES string of the molecule is Cc1cccc(N(N)C(=O)c2ccc(NC(=O)c3cc(=O)[nH]c(=O)[nH]3)cc2)c1. The van der Waals surface area contributed by atoms with Gasteiger partial charge in [-0.15, -0.1) is 0 Å². The van der Waals surface area contributed by atoms with Crippen LogP contribution in [0.1, 0.15) is 26.4 Å². The number of hydrazine groups is 1. The number of H-pyrrole nitrogens is 2. The predicted molar refractivity (Wildman–Crippen MR) is 104 cm³/mol. The van der Waals surface area contributed by atoms with Crippen LogP contribution in [0, 0.1) is 6.92 Å². The summed E-state index contributed by atoms with van der Waals surface area (Å²) in [6.45, 7) is 1.90. The molecule has 0 saturated heterocycles. The third-order valence-corrected chi connectivity index (χ3v) is 3.89. The molecule has 9 heteroatoms. The zero-order chi connectivity index (χ0) is 20.3. The maximum absolute atomic E-state index is 12.5. The van der Waals surface area contributed by atoms with Gasteiger partial charge in [0.1, 0.15) is 5.69 Å². The topological polar surface area (TPSA) is 141 Å². The average molecular weight is 379 g/mol. The van der Waals surface area contributed by atoms with Gasteiger partial charge in [0.25, 0.3) is 17.4 Å². The minimum absolute atomic E-state index is 0.179. The van der Waals surface area contributed by atoms with Crippen LogP contribution in [0.25, 0.3) is 0 Å². The fraction of sp³-hybridized carbons (Fsp3) is 0.0526. The molecule has 0 unspecified atom stereocenters. The molecule has 0 atom stereocenters. The van der Waals surface area contributed by atoms with E-state index < -0.39 is 23.1 Å². The number of aromatic amines is 2. The van der Waals surface area contributed by atoms with Gasteiger partial charge in [-0.25, -0.2) is 15.6 Å². The molecule has 3 aromatic rings. The van der Waals surface area contributed by atoms with Crippen LogP contribution in [0.3, 0.4) is 0 Å². The molecule has 0 saturated carbocycles. The van der Waals surface area contributed by atoms with Crippen LogP contribution in [0.2, 0.25) is 0 Å². The molecule has 28 heavy (non-hydrogen) atoms. The van der Waals surface area contributed by atoms with Crippen molar-refractivity contribution in [1.29, 1.82) is 0 Å². The summed E-state index contributed by atoms with van der Waals surface area (Å²) in [5, 5.41) is 3.57. The van der Waals surface area contributed by atoms with Gasteiger partial charge in [0.2, 0.25) is 0 Å². The van der Waals surface area contributed by atoms with E-state index in [1.165, 1.54) is 24.3 Å². The first-order chi connectivity index (χ1) is 13.3. The number of nitrogens with two attached hydrogens (primary N) is 1. The lowest BCUT2D eigenvalue weighted by molar-refractivity contribution is 0.0985. The highest BCUT2D eigenvalue weighted by Gasteiger charge is 2.15. The first kappa shape index (κ1) is 18.8. The summed E-state index contributed by atoms with van der Waals surface area (Å²) in [6, 6.07) is 14.2. The Labute approximate surface area is 158 Å². The van der Waals surface area contributed by atoms with Crippen molar-refractivity contribution in [2.45, 2.75) is 6.92 Å². The molecule has 0 bridgehead atoms. The Balaban J connectivity index is 1.74. The zero-order valence-corrected chi connectivity index (χ0v) is 14.9. The average Bonchev–Trinajstić information content (AvgIpc) is 2.66. The summed E-state index contributed by atoms with van der Waals surface area (Å²) in [5.41, 5.74) is 0.582. The number of aromatic nitrogens is 2. The lowest BCUT2D eigenvalue weighted by Crippen LogP contribution is -2.37. The van der Waals surface area contributed by atoms with Crippen molar-refractivity contribution in [3.05, 3.63) is 92.3 Å². The van der Waals surface area contributed by atoms with E-state index in [0.717, 1.165) is 16.6 Å². The van der Waals surface area contributed by atoms with Crippen LogP contribution in [-0.2, 0) is 0 Å². The van der Waals surface area contributed by atoms with Crippen molar-refractivity contribution in [2.24, 2.45) is 5.84 Å². The molecule has 9 nitrogen and oxygen atoms in total. The van der Waals surface area contributed by atoms with Gasteiger partial charge in [-0.05, 0) is 48.9 Å². The zero-order valence-electron chi connectivity index (χ0n) is 14.9. The van der Waals surface area contributed by atoms with Crippen LogP contribution in [0.5, 0.6) is 0 Å². The van der Waals surface area contributed by atoms with Crippen molar-refractivity contribution in [1.82, 2.24) is 9.97 Å². The maximum atomic E-state index is 12.5. The molecule has 1 heterocycles. The largest absolute Gasteiger partial charge is 0.326 e. The molecule has 0 aliphatic heterocycles. The monoisotopic (exact) mass is 379 g/mol. The van der Waals surface area contributed by atoms with E-state index in [1.54, 1.807) is 18.2 Å².